The number of nitrogens with zero attached hydrogens (tertiary/aromatic N) is 3. The smallest absolute Gasteiger partial charge is 0.238 e. The third-order valence-electron chi connectivity index (χ3n) is 2.28. The normalized spacial score (nSPS) is 10.0. The van der Waals surface area contributed by atoms with E-state index in [4.69, 9.17) is 10.5 Å². The van der Waals surface area contributed by atoms with Gasteiger partial charge in [0.25, 0.3) is 0 Å². The minimum atomic E-state index is 0.426. The maximum Gasteiger partial charge on any atom is 0.238 e. The van der Waals surface area contributed by atoms with Gasteiger partial charge in [0, 0.05) is 38.1 Å². The second kappa shape index (κ2) is 4.69. The molecule has 2 N–H and O–H groups in total. The van der Waals surface area contributed by atoms with E-state index in [1.165, 1.54) is 0 Å². The molecular weight excluding hydrogens is 216 g/mol. The number of hydrogen-bond acceptors (Lipinski definition) is 5. The number of rotatable bonds is 3. The van der Waals surface area contributed by atoms with Crippen LogP contribution < -0.4 is 15.4 Å². The summed E-state index contributed by atoms with van der Waals surface area (Å²) in [5.41, 5.74) is 7.43. The van der Waals surface area contributed by atoms with Crippen LogP contribution in [0.3, 0.4) is 0 Å². The standard InChI is InChI=1S/C12H14N4O/c1-16(2)9-5-6-10(13)11(8-9)17-12-4-3-7-14-15-12/h3-8H,13H2,1-2H3. The van der Waals surface area contributed by atoms with E-state index in [9.17, 15) is 0 Å². The fourth-order valence-electron chi connectivity index (χ4n) is 1.34. The number of nitrogens with two attached hydrogens (primary N) is 1. The van der Waals surface area contributed by atoms with Crippen LogP contribution >= 0.6 is 0 Å². The van der Waals surface area contributed by atoms with Gasteiger partial charge >= 0.3 is 0 Å². The van der Waals surface area contributed by atoms with Gasteiger partial charge in [0.1, 0.15) is 0 Å². The lowest BCUT2D eigenvalue weighted by Gasteiger charge is -2.15. The fourth-order valence-corrected chi connectivity index (χ4v) is 1.34. The van der Waals surface area contributed by atoms with Gasteiger partial charge in [0.2, 0.25) is 5.88 Å². The number of benzene rings is 1. The van der Waals surface area contributed by atoms with Crippen LogP contribution in [0, 0.1) is 0 Å². The Labute approximate surface area is 99.8 Å². The molecule has 0 unspecified atom stereocenters. The molecule has 0 saturated carbocycles. The van der Waals surface area contributed by atoms with E-state index in [0.29, 0.717) is 17.3 Å². The maximum absolute atomic E-state index is 5.85. The highest BCUT2D eigenvalue weighted by molar-refractivity contribution is 5.62. The zero-order valence-corrected chi connectivity index (χ0v) is 9.79. The van der Waals surface area contributed by atoms with Crippen molar-refractivity contribution in [2.24, 2.45) is 0 Å². The summed E-state index contributed by atoms with van der Waals surface area (Å²) in [6.45, 7) is 0. The SMILES string of the molecule is CN(C)c1ccc(N)c(Oc2cccnn2)c1. The number of ether oxygens (including phenoxy) is 1. The molecule has 5 heteroatoms. The molecule has 0 fully saturated rings. The molecule has 0 aliphatic heterocycles. The highest BCUT2D eigenvalue weighted by atomic mass is 16.5. The zero-order chi connectivity index (χ0) is 12.3. The summed E-state index contributed by atoms with van der Waals surface area (Å²) >= 11 is 0. The Morgan fingerprint density at radius 2 is 2.06 bits per heavy atom. The minimum absolute atomic E-state index is 0.426. The molecule has 2 rings (SSSR count). The summed E-state index contributed by atoms with van der Waals surface area (Å²) in [7, 11) is 3.91. The molecular formula is C12H14N4O. The number of aromatic nitrogens is 2. The maximum atomic E-state index is 5.85. The van der Waals surface area contributed by atoms with Gasteiger partial charge in [-0.05, 0) is 18.2 Å². The van der Waals surface area contributed by atoms with Gasteiger partial charge in [-0.2, -0.15) is 5.10 Å². The molecule has 0 amide bonds. The van der Waals surface area contributed by atoms with E-state index in [2.05, 4.69) is 10.2 Å². The molecule has 0 aliphatic rings. The molecule has 1 aromatic carbocycles. The Balaban J connectivity index is 2.29. The van der Waals surface area contributed by atoms with Crippen molar-refractivity contribution in [3.8, 4) is 11.6 Å². The Kier molecular flexibility index (Phi) is 3.09. The molecule has 0 bridgehead atoms. The third-order valence-corrected chi connectivity index (χ3v) is 2.28. The first-order valence-electron chi connectivity index (χ1n) is 5.19. The fraction of sp³-hybridized carbons (Fsp3) is 0.167. The third kappa shape index (κ3) is 2.63. The van der Waals surface area contributed by atoms with Crippen molar-refractivity contribution < 1.29 is 4.74 Å². The van der Waals surface area contributed by atoms with Gasteiger partial charge in [-0.25, -0.2) is 0 Å². The summed E-state index contributed by atoms with van der Waals surface area (Å²) in [5.74, 6) is 1.01. The first kappa shape index (κ1) is 11.2. The number of nitrogen functional groups attached to an aromatic ring is 1. The predicted octanol–water partition coefficient (Wildman–Crippen LogP) is 1.92. The summed E-state index contributed by atoms with van der Waals surface area (Å²) in [6.07, 6.45) is 1.59. The average molecular weight is 230 g/mol. The quantitative estimate of drug-likeness (QED) is 0.816. The van der Waals surface area contributed by atoms with E-state index in [1.807, 2.05) is 31.1 Å². The lowest BCUT2D eigenvalue weighted by atomic mass is 10.2. The minimum Gasteiger partial charge on any atom is -0.435 e. The van der Waals surface area contributed by atoms with Crippen LogP contribution in [0.1, 0.15) is 0 Å². The molecule has 5 nitrogen and oxygen atoms in total. The molecule has 17 heavy (non-hydrogen) atoms. The van der Waals surface area contributed by atoms with Crippen LogP contribution in [0.2, 0.25) is 0 Å². The van der Waals surface area contributed by atoms with Crippen molar-refractivity contribution >= 4 is 11.4 Å². The molecule has 88 valence electrons. The van der Waals surface area contributed by atoms with Crippen LogP contribution in [0.4, 0.5) is 11.4 Å². The van der Waals surface area contributed by atoms with Crippen molar-refractivity contribution in [3.63, 3.8) is 0 Å². The summed E-state index contributed by atoms with van der Waals surface area (Å²) in [4.78, 5) is 1.98. The molecule has 2 aromatic rings. The van der Waals surface area contributed by atoms with Crippen molar-refractivity contribution in [1.82, 2.24) is 10.2 Å². The van der Waals surface area contributed by atoms with Crippen LogP contribution in [0.5, 0.6) is 11.6 Å². The van der Waals surface area contributed by atoms with Gasteiger partial charge in [-0.15, -0.1) is 5.10 Å². The van der Waals surface area contributed by atoms with Crippen LogP contribution in [-0.2, 0) is 0 Å². The Hall–Kier alpha value is -2.30. The Morgan fingerprint density at radius 3 is 2.71 bits per heavy atom. The second-order valence-corrected chi connectivity index (χ2v) is 3.78. The van der Waals surface area contributed by atoms with Crippen LogP contribution in [0.15, 0.2) is 36.5 Å². The van der Waals surface area contributed by atoms with Crippen molar-refractivity contribution in [3.05, 3.63) is 36.5 Å². The van der Waals surface area contributed by atoms with Gasteiger partial charge in [0.05, 0.1) is 5.69 Å². The van der Waals surface area contributed by atoms with Crippen molar-refractivity contribution in [2.45, 2.75) is 0 Å². The van der Waals surface area contributed by atoms with E-state index in [1.54, 1.807) is 24.4 Å². The van der Waals surface area contributed by atoms with Gasteiger partial charge in [0.15, 0.2) is 5.75 Å². The molecule has 0 radical (unpaired) electrons. The van der Waals surface area contributed by atoms with Crippen molar-refractivity contribution in [2.75, 3.05) is 24.7 Å². The molecule has 0 aliphatic carbocycles. The lowest BCUT2D eigenvalue weighted by molar-refractivity contribution is 0.457. The lowest BCUT2D eigenvalue weighted by Crippen LogP contribution is -2.08. The highest BCUT2D eigenvalue weighted by Gasteiger charge is 2.05. The molecule has 0 saturated heterocycles. The topological polar surface area (TPSA) is 64.3 Å². The van der Waals surface area contributed by atoms with Crippen LogP contribution in [-0.4, -0.2) is 24.3 Å². The first-order chi connectivity index (χ1) is 8.16. The van der Waals surface area contributed by atoms with E-state index >= 15 is 0 Å². The molecule has 0 spiro atoms. The monoisotopic (exact) mass is 230 g/mol. The summed E-state index contributed by atoms with van der Waals surface area (Å²) in [6, 6.07) is 9.09. The summed E-state index contributed by atoms with van der Waals surface area (Å²) < 4.78 is 5.57. The number of hydrogen-bond donors (Lipinski definition) is 1. The Bertz CT molecular complexity index is 499. The molecule has 1 heterocycles. The average Bonchev–Trinajstić information content (AvgIpc) is 2.33. The number of anilines is 2. The highest BCUT2D eigenvalue weighted by Crippen LogP contribution is 2.29. The van der Waals surface area contributed by atoms with Crippen LogP contribution in [0.25, 0.3) is 0 Å². The first-order valence-corrected chi connectivity index (χ1v) is 5.19. The Morgan fingerprint density at radius 1 is 1.24 bits per heavy atom. The van der Waals surface area contributed by atoms with Gasteiger partial charge in [-0.1, -0.05) is 0 Å². The van der Waals surface area contributed by atoms with Crippen molar-refractivity contribution in [1.29, 1.82) is 0 Å². The second-order valence-electron chi connectivity index (χ2n) is 3.78. The molecule has 0 atom stereocenters. The zero-order valence-electron chi connectivity index (χ0n) is 9.79. The van der Waals surface area contributed by atoms with E-state index in [-0.39, 0.29) is 0 Å². The van der Waals surface area contributed by atoms with Gasteiger partial charge < -0.3 is 15.4 Å². The largest absolute Gasteiger partial charge is 0.435 e. The van der Waals surface area contributed by atoms with Gasteiger partial charge in [-0.3, -0.25) is 0 Å². The molecule has 1 aromatic heterocycles. The van der Waals surface area contributed by atoms with E-state index in [0.717, 1.165) is 5.69 Å². The predicted molar refractivity (Wildman–Crippen MR) is 67.3 cm³/mol. The van der Waals surface area contributed by atoms with E-state index < -0.39 is 0 Å². The summed E-state index contributed by atoms with van der Waals surface area (Å²) in [5, 5.41) is 7.59.